The van der Waals surface area contributed by atoms with Gasteiger partial charge < -0.3 is 19.1 Å². The highest BCUT2D eigenvalue weighted by Crippen LogP contribution is 2.27. The molecule has 0 unspecified atom stereocenters. The van der Waals surface area contributed by atoms with Crippen molar-refractivity contribution in [3.8, 4) is 0 Å². The fraction of sp³-hybridized carbons (Fsp3) is 0.333. The normalized spacial score (nSPS) is 17.0. The summed E-state index contributed by atoms with van der Waals surface area (Å²) in [6, 6.07) is 14.4. The molecule has 1 N–H and O–H groups in total. The monoisotopic (exact) mass is 416 g/mol. The van der Waals surface area contributed by atoms with Crippen LogP contribution in [0.15, 0.2) is 51.8 Å². The summed E-state index contributed by atoms with van der Waals surface area (Å²) < 4.78 is 11.0. The fourth-order valence-electron chi connectivity index (χ4n) is 4.75. The maximum atomic E-state index is 12.2. The molecule has 158 valence electrons. The van der Waals surface area contributed by atoms with Gasteiger partial charge in [0.15, 0.2) is 11.4 Å². The minimum atomic E-state index is -0.0227. The van der Waals surface area contributed by atoms with Crippen molar-refractivity contribution in [1.82, 2.24) is 15.0 Å². The molecular formula is C24H24N4O3. The van der Waals surface area contributed by atoms with Gasteiger partial charge in [-0.2, -0.15) is 0 Å². The number of pyridine rings is 1. The standard InChI is InChI=1S/C24H24N4O3/c29-24-20-15-30-14-19(20)18-13-16(5-6-21(18)25-24)7-8-27-9-11-28(12-10-27)23-17-3-1-2-4-22(17)31-26-23/h1-6,13H,7-12,14-15H2,(H,25,29). The molecule has 4 heterocycles. The van der Waals surface area contributed by atoms with Gasteiger partial charge in [-0.15, -0.1) is 0 Å². The molecule has 1 fully saturated rings. The molecule has 6 rings (SSSR count). The lowest BCUT2D eigenvalue weighted by Crippen LogP contribution is -2.47. The number of H-pyrrole nitrogens is 1. The summed E-state index contributed by atoms with van der Waals surface area (Å²) in [5, 5.41) is 6.50. The summed E-state index contributed by atoms with van der Waals surface area (Å²) in [6.45, 7) is 5.85. The Morgan fingerprint density at radius 2 is 1.81 bits per heavy atom. The maximum absolute atomic E-state index is 12.2. The first kappa shape index (κ1) is 18.6. The van der Waals surface area contributed by atoms with Crippen molar-refractivity contribution >= 4 is 27.7 Å². The minimum absolute atomic E-state index is 0.0227. The molecule has 0 amide bonds. The number of nitrogens with one attached hydrogen (secondary N) is 1. The van der Waals surface area contributed by atoms with Gasteiger partial charge in [-0.3, -0.25) is 9.69 Å². The van der Waals surface area contributed by atoms with Crippen molar-refractivity contribution in [2.75, 3.05) is 37.6 Å². The predicted octanol–water partition coefficient (Wildman–Crippen LogP) is 3.06. The SMILES string of the molecule is O=c1[nH]c2ccc(CCN3CCN(c4noc5ccccc45)CC3)cc2c2c1COC2. The van der Waals surface area contributed by atoms with Gasteiger partial charge >= 0.3 is 0 Å². The highest BCUT2D eigenvalue weighted by molar-refractivity contribution is 5.88. The number of fused-ring (bicyclic) bond motifs is 4. The van der Waals surface area contributed by atoms with Gasteiger partial charge in [-0.1, -0.05) is 23.4 Å². The van der Waals surface area contributed by atoms with Crippen LogP contribution in [0.3, 0.4) is 0 Å². The first-order chi connectivity index (χ1) is 15.3. The third-order valence-corrected chi connectivity index (χ3v) is 6.54. The van der Waals surface area contributed by atoms with Crippen LogP contribution in [0, 0.1) is 0 Å². The van der Waals surface area contributed by atoms with Crippen LogP contribution in [-0.4, -0.2) is 47.8 Å². The quantitative estimate of drug-likeness (QED) is 0.551. The van der Waals surface area contributed by atoms with Crippen molar-refractivity contribution in [2.24, 2.45) is 0 Å². The largest absolute Gasteiger partial charge is 0.372 e. The van der Waals surface area contributed by atoms with Crippen molar-refractivity contribution in [1.29, 1.82) is 0 Å². The Kier molecular flexibility index (Phi) is 4.51. The second-order valence-corrected chi connectivity index (χ2v) is 8.36. The van der Waals surface area contributed by atoms with Crippen LogP contribution in [0.1, 0.15) is 16.7 Å². The van der Waals surface area contributed by atoms with Gasteiger partial charge in [0.25, 0.3) is 5.56 Å². The molecule has 7 heteroatoms. The highest BCUT2D eigenvalue weighted by Gasteiger charge is 2.22. The van der Waals surface area contributed by atoms with Gasteiger partial charge in [0.2, 0.25) is 0 Å². The Morgan fingerprint density at radius 3 is 2.71 bits per heavy atom. The van der Waals surface area contributed by atoms with Crippen LogP contribution < -0.4 is 10.5 Å². The minimum Gasteiger partial charge on any atom is -0.372 e. The Labute approximate surface area is 179 Å². The molecule has 0 radical (unpaired) electrons. The third-order valence-electron chi connectivity index (χ3n) is 6.54. The maximum Gasteiger partial charge on any atom is 0.254 e. The van der Waals surface area contributed by atoms with Gasteiger partial charge in [-0.25, -0.2) is 0 Å². The Bertz CT molecular complexity index is 1320. The molecule has 2 aliphatic rings. The molecule has 1 saturated heterocycles. The predicted molar refractivity (Wildman–Crippen MR) is 119 cm³/mol. The highest BCUT2D eigenvalue weighted by atomic mass is 16.5. The van der Waals surface area contributed by atoms with E-state index in [1.807, 2.05) is 24.3 Å². The Morgan fingerprint density at radius 1 is 0.968 bits per heavy atom. The molecule has 2 aromatic carbocycles. The summed E-state index contributed by atoms with van der Waals surface area (Å²) in [5.41, 5.74) is 4.83. The molecule has 2 aromatic heterocycles. The van der Waals surface area contributed by atoms with Gasteiger partial charge in [0.05, 0.1) is 18.6 Å². The zero-order chi connectivity index (χ0) is 20.8. The van der Waals surface area contributed by atoms with Crippen molar-refractivity contribution in [2.45, 2.75) is 19.6 Å². The number of para-hydroxylation sites is 1. The summed E-state index contributed by atoms with van der Waals surface area (Å²) in [7, 11) is 0. The second kappa shape index (κ2) is 7.51. The molecule has 31 heavy (non-hydrogen) atoms. The summed E-state index contributed by atoms with van der Waals surface area (Å²) in [6.07, 6.45) is 0.984. The van der Waals surface area contributed by atoms with Crippen molar-refractivity contribution in [3.05, 3.63) is 69.5 Å². The number of piperazine rings is 1. The number of hydrogen-bond acceptors (Lipinski definition) is 6. The summed E-state index contributed by atoms with van der Waals surface area (Å²) in [4.78, 5) is 20.0. The number of nitrogens with zero attached hydrogens (tertiary/aromatic N) is 3. The van der Waals surface area contributed by atoms with E-state index in [1.54, 1.807) is 0 Å². The number of aromatic amines is 1. The molecule has 7 nitrogen and oxygen atoms in total. The lowest BCUT2D eigenvalue weighted by atomic mass is 10.0. The number of benzene rings is 2. The number of aromatic nitrogens is 2. The van der Waals surface area contributed by atoms with Gasteiger partial charge in [0, 0.05) is 49.2 Å². The lowest BCUT2D eigenvalue weighted by molar-refractivity contribution is 0.134. The van der Waals surface area contributed by atoms with E-state index in [-0.39, 0.29) is 5.56 Å². The molecule has 2 aliphatic heterocycles. The van der Waals surface area contributed by atoms with E-state index in [4.69, 9.17) is 9.26 Å². The van der Waals surface area contributed by atoms with E-state index in [1.165, 1.54) is 5.56 Å². The first-order valence-corrected chi connectivity index (χ1v) is 10.8. The van der Waals surface area contributed by atoms with Crippen LogP contribution in [0.2, 0.25) is 0 Å². The lowest BCUT2D eigenvalue weighted by Gasteiger charge is -2.34. The molecular weight excluding hydrogens is 392 g/mol. The van der Waals surface area contributed by atoms with E-state index in [0.717, 1.165) is 78.0 Å². The zero-order valence-corrected chi connectivity index (χ0v) is 17.3. The van der Waals surface area contributed by atoms with E-state index < -0.39 is 0 Å². The molecule has 0 bridgehead atoms. The van der Waals surface area contributed by atoms with E-state index in [0.29, 0.717) is 13.2 Å². The second-order valence-electron chi connectivity index (χ2n) is 8.36. The van der Waals surface area contributed by atoms with Gasteiger partial charge in [-0.05, 0) is 41.8 Å². The van der Waals surface area contributed by atoms with Crippen molar-refractivity contribution in [3.63, 3.8) is 0 Å². The van der Waals surface area contributed by atoms with Crippen molar-refractivity contribution < 1.29 is 9.26 Å². The molecule has 0 aliphatic carbocycles. The van der Waals surface area contributed by atoms with Crippen LogP contribution >= 0.6 is 0 Å². The van der Waals surface area contributed by atoms with E-state index >= 15 is 0 Å². The van der Waals surface area contributed by atoms with E-state index in [2.05, 4.69) is 38.1 Å². The molecule has 0 saturated carbocycles. The Hall–Kier alpha value is -3.16. The average Bonchev–Trinajstić information content (AvgIpc) is 3.47. The zero-order valence-electron chi connectivity index (χ0n) is 17.3. The first-order valence-electron chi connectivity index (χ1n) is 10.8. The number of rotatable bonds is 4. The third kappa shape index (κ3) is 3.30. The number of anilines is 1. The van der Waals surface area contributed by atoms with Crippen LogP contribution in [0.5, 0.6) is 0 Å². The summed E-state index contributed by atoms with van der Waals surface area (Å²) in [5.74, 6) is 0.954. The summed E-state index contributed by atoms with van der Waals surface area (Å²) >= 11 is 0. The smallest absolute Gasteiger partial charge is 0.254 e. The Balaban J connectivity index is 1.12. The number of ether oxygens (including phenoxy) is 1. The average molecular weight is 416 g/mol. The topological polar surface area (TPSA) is 74.6 Å². The van der Waals surface area contributed by atoms with Gasteiger partial charge in [0.1, 0.15) is 0 Å². The van der Waals surface area contributed by atoms with Crippen LogP contribution in [-0.2, 0) is 24.4 Å². The fourth-order valence-corrected chi connectivity index (χ4v) is 4.75. The molecule has 0 atom stereocenters. The van der Waals surface area contributed by atoms with Crippen LogP contribution in [0.4, 0.5) is 5.82 Å². The molecule has 0 spiro atoms. The number of hydrogen-bond donors (Lipinski definition) is 1. The van der Waals surface area contributed by atoms with E-state index in [9.17, 15) is 4.79 Å². The van der Waals surface area contributed by atoms with Crippen LogP contribution in [0.25, 0.3) is 21.9 Å². The molecule has 4 aromatic rings.